The van der Waals surface area contributed by atoms with E-state index in [9.17, 15) is 0 Å². The summed E-state index contributed by atoms with van der Waals surface area (Å²) in [6.07, 6.45) is 3.49. The van der Waals surface area contributed by atoms with Crippen LogP contribution in [0.2, 0.25) is 0 Å². The summed E-state index contributed by atoms with van der Waals surface area (Å²) < 4.78 is 0. The van der Waals surface area contributed by atoms with Crippen LogP contribution in [0.4, 0.5) is 0 Å². The summed E-state index contributed by atoms with van der Waals surface area (Å²) in [7, 11) is 0. The summed E-state index contributed by atoms with van der Waals surface area (Å²) in [6, 6.07) is 0. The lowest BCUT2D eigenvalue weighted by Gasteiger charge is -2.27. The number of aromatic nitrogens is 1. The molecule has 15 heavy (non-hydrogen) atoms. The predicted molar refractivity (Wildman–Crippen MR) is 67.4 cm³/mol. The summed E-state index contributed by atoms with van der Waals surface area (Å²) in [6.45, 7) is 9.02. The maximum absolute atomic E-state index is 4.37. The molecule has 1 atom stereocenters. The molecule has 2 nitrogen and oxygen atoms in total. The second-order valence-corrected chi connectivity index (χ2v) is 5.22. The molecular formula is C12H22N2S. The molecule has 3 heteroatoms. The van der Waals surface area contributed by atoms with Crippen LogP contribution in [-0.2, 0) is 6.42 Å². The highest BCUT2D eigenvalue weighted by Gasteiger charge is 2.22. The Labute approximate surface area is 97.1 Å². The molecule has 0 amide bonds. The number of thiazole rings is 1. The van der Waals surface area contributed by atoms with Gasteiger partial charge in [0, 0.05) is 11.9 Å². The van der Waals surface area contributed by atoms with Crippen LogP contribution in [0, 0.1) is 5.41 Å². The zero-order chi connectivity index (χ0) is 11.1. The Morgan fingerprint density at radius 1 is 1.47 bits per heavy atom. The molecule has 0 saturated carbocycles. The highest BCUT2D eigenvalue weighted by Crippen LogP contribution is 2.25. The van der Waals surface area contributed by atoms with Crippen molar-refractivity contribution in [2.75, 3.05) is 13.1 Å². The Hall–Kier alpha value is -0.410. The fourth-order valence-corrected chi connectivity index (χ4v) is 2.20. The van der Waals surface area contributed by atoms with E-state index in [1.807, 2.05) is 5.51 Å². The van der Waals surface area contributed by atoms with Crippen molar-refractivity contribution in [2.45, 2.75) is 40.0 Å². The van der Waals surface area contributed by atoms with Crippen LogP contribution < -0.4 is 5.32 Å². The zero-order valence-electron chi connectivity index (χ0n) is 10.0. The van der Waals surface area contributed by atoms with Crippen molar-refractivity contribution in [2.24, 2.45) is 5.41 Å². The molecule has 1 aromatic rings. The Bertz CT molecular complexity index is 259. The molecular weight excluding hydrogens is 204 g/mol. The Kier molecular flexibility index (Phi) is 5.26. The third-order valence-electron chi connectivity index (χ3n) is 2.92. The molecule has 86 valence electrons. The maximum Gasteiger partial charge on any atom is 0.0794 e. The molecule has 1 heterocycles. The van der Waals surface area contributed by atoms with E-state index in [2.05, 4.69) is 36.5 Å². The molecule has 1 aromatic heterocycles. The van der Waals surface area contributed by atoms with Crippen molar-refractivity contribution in [3.63, 3.8) is 0 Å². The summed E-state index contributed by atoms with van der Waals surface area (Å²) >= 11 is 1.69. The van der Waals surface area contributed by atoms with E-state index in [0.717, 1.165) is 19.5 Å². The smallest absolute Gasteiger partial charge is 0.0794 e. The van der Waals surface area contributed by atoms with Crippen LogP contribution in [0.3, 0.4) is 0 Å². The van der Waals surface area contributed by atoms with E-state index in [1.54, 1.807) is 11.3 Å². The summed E-state index contributed by atoms with van der Waals surface area (Å²) in [5, 5.41) is 5.68. The maximum atomic E-state index is 4.37. The molecule has 0 aromatic carbocycles. The van der Waals surface area contributed by atoms with Gasteiger partial charge in [-0.15, -0.1) is 11.3 Å². The van der Waals surface area contributed by atoms with Crippen molar-refractivity contribution < 1.29 is 0 Å². The standard InChI is InChI=1S/C12H22N2S/c1-4-6-13-9-12(3,5-2)7-11-8-15-10-14-11/h8,10,13H,4-7,9H2,1-3H3. The first-order chi connectivity index (χ1) is 7.20. The van der Waals surface area contributed by atoms with Crippen LogP contribution in [0.25, 0.3) is 0 Å². The predicted octanol–water partition coefficient (Wildman–Crippen LogP) is 3.10. The largest absolute Gasteiger partial charge is 0.316 e. The number of nitrogens with zero attached hydrogens (tertiary/aromatic N) is 1. The molecule has 0 spiro atoms. The molecule has 0 bridgehead atoms. The average Bonchev–Trinajstić information content (AvgIpc) is 2.71. The topological polar surface area (TPSA) is 24.9 Å². The molecule has 1 unspecified atom stereocenters. The van der Waals surface area contributed by atoms with Gasteiger partial charge >= 0.3 is 0 Å². The monoisotopic (exact) mass is 226 g/mol. The Morgan fingerprint density at radius 2 is 2.27 bits per heavy atom. The van der Waals surface area contributed by atoms with Gasteiger partial charge in [0.1, 0.15) is 0 Å². The van der Waals surface area contributed by atoms with Gasteiger partial charge in [0.15, 0.2) is 0 Å². The van der Waals surface area contributed by atoms with E-state index in [4.69, 9.17) is 0 Å². The molecule has 0 saturated heterocycles. The van der Waals surface area contributed by atoms with Crippen LogP contribution in [0.5, 0.6) is 0 Å². The minimum absolute atomic E-state index is 0.350. The van der Waals surface area contributed by atoms with E-state index in [0.29, 0.717) is 5.41 Å². The van der Waals surface area contributed by atoms with Gasteiger partial charge in [-0.05, 0) is 31.2 Å². The van der Waals surface area contributed by atoms with Crippen LogP contribution in [-0.4, -0.2) is 18.1 Å². The number of nitrogens with one attached hydrogen (secondary N) is 1. The second-order valence-electron chi connectivity index (χ2n) is 4.50. The van der Waals surface area contributed by atoms with Gasteiger partial charge in [0.05, 0.1) is 11.2 Å². The third-order valence-corrected chi connectivity index (χ3v) is 3.56. The van der Waals surface area contributed by atoms with E-state index >= 15 is 0 Å². The lowest BCUT2D eigenvalue weighted by Crippen LogP contribution is -2.33. The van der Waals surface area contributed by atoms with Crippen molar-refractivity contribution in [1.29, 1.82) is 0 Å². The molecule has 0 fully saturated rings. The zero-order valence-corrected chi connectivity index (χ0v) is 10.9. The van der Waals surface area contributed by atoms with Crippen molar-refractivity contribution >= 4 is 11.3 Å². The fourth-order valence-electron chi connectivity index (χ4n) is 1.64. The first kappa shape index (κ1) is 12.7. The number of hydrogen-bond donors (Lipinski definition) is 1. The normalized spacial score (nSPS) is 15.1. The first-order valence-corrected chi connectivity index (χ1v) is 6.72. The lowest BCUT2D eigenvalue weighted by molar-refractivity contribution is 0.288. The molecule has 1 rings (SSSR count). The van der Waals surface area contributed by atoms with Crippen LogP contribution in [0.1, 0.15) is 39.3 Å². The highest BCUT2D eigenvalue weighted by atomic mass is 32.1. The molecule has 1 N–H and O–H groups in total. The SMILES string of the molecule is CCCNCC(C)(CC)Cc1cscn1. The molecule has 0 aliphatic heterocycles. The van der Waals surface area contributed by atoms with Gasteiger partial charge in [0.2, 0.25) is 0 Å². The van der Waals surface area contributed by atoms with Gasteiger partial charge in [-0.3, -0.25) is 0 Å². The Balaban J connectivity index is 2.44. The van der Waals surface area contributed by atoms with Crippen molar-refractivity contribution in [3.05, 3.63) is 16.6 Å². The highest BCUT2D eigenvalue weighted by molar-refractivity contribution is 7.07. The number of hydrogen-bond acceptors (Lipinski definition) is 3. The first-order valence-electron chi connectivity index (χ1n) is 5.78. The van der Waals surface area contributed by atoms with Crippen molar-refractivity contribution in [1.82, 2.24) is 10.3 Å². The van der Waals surface area contributed by atoms with Gasteiger partial charge < -0.3 is 5.32 Å². The van der Waals surface area contributed by atoms with Crippen LogP contribution in [0.15, 0.2) is 10.9 Å². The summed E-state index contributed by atoms with van der Waals surface area (Å²) in [5.74, 6) is 0. The van der Waals surface area contributed by atoms with Gasteiger partial charge in [0.25, 0.3) is 0 Å². The lowest BCUT2D eigenvalue weighted by atomic mass is 9.83. The van der Waals surface area contributed by atoms with E-state index in [1.165, 1.54) is 18.5 Å². The van der Waals surface area contributed by atoms with E-state index in [-0.39, 0.29) is 0 Å². The summed E-state index contributed by atoms with van der Waals surface area (Å²) in [5.41, 5.74) is 3.51. The van der Waals surface area contributed by atoms with E-state index < -0.39 is 0 Å². The molecule has 0 aliphatic rings. The Morgan fingerprint density at radius 3 is 2.80 bits per heavy atom. The fraction of sp³-hybridized carbons (Fsp3) is 0.750. The van der Waals surface area contributed by atoms with Crippen molar-refractivity contribution in [3.8, 4) is 0 Å². The molecule has 0 radical (unpaired) electrons. The molecule has 0 aliphatic carbocycles. The average molecular weight is 226 g/mol. The minimum Gasteiger partial charge on any atom is -0.316 e. The van der Waals surface area contributed by atoms with Crippen LogP contribution >= 0.6 is 11.3 Å². The second kappa shape index (κ2) is 6.23. The van der Waals surface area contributed by atoms with Gasteiger partial charge in [-0.25, -0.2) is 4.98 Å². The van der Waals surface area contributed by atoms with Gasteiger partial charge in [-0.2, -0.15) is 0 Å². The van der Waals surface area contributed by atoms with Gasteiger partial charge in [-0.1, -0.05) is 20.8 Å². The summed E-state index contributed by atoms with van der Waals surface area (Å²) in [4.78, 5) is 4.37. The quantitative estimate of drug-likeness (QED) is 0.723. The minimum atomic E-state index is 0.350. The number of rotatable bonds is 7. The third kappa shape index (κ3) is 4.31.